The van der Waals surface area contributed by atoms with E-state index in [2.05, 4.69) is 0 Å². The highest BCUT2D eigenvalue weighted by molar-refractivity contribution is 7.89. The number of nitrogens with zero attached hydrogens (tertiary/aromatic N) is 1. The highest BCUT2D eigenvalue weighted by atomic mass is 32.2. The van der Waals surface area contributed by atoms with E-state index in [9.17, 15) is 31.1 Å². The average Bonchev–Trinajstić information content (AvgIpc) is 2.45. The quantitative estimate of drug-likeness (QED) is 0.848. The van der Waals surface area contributed by atoms with Crippen LogP contribution in [-0.4, -0.2) is 37.0 Å². The first-order valence-corrected chi connectivity index (χ1v) is 8.52. The van der Waals surface area contributed by atoms with Crippen molar-refractivity contribution in [3.63, 3.8) is 0 Å². The van der Waals surface area contributed by atoms with Gasteiger partial charge in [0.15, 0.2) is 0 Å². The number of alkyl halides is 3. The van der Waals surface area contributed by atoms with E-state index >= 15 is 0 Å². The van der Waals surface area contributed by atoms with Crippen LogP contribution in [0, 0.1) is 11.7 Å². The van der Waals surface area contributed by atoms with Crippen LogP contribution < -0.4 is 0 Å². The highest BCUT2D eigenvalue weighted by Gasteiger charge is 2.39. The summed E-state index contributed by atoms with van der Waals surface area (Å²) in [5, 5.41) is 9.42. The second-order valence-corrected chi connectivity index (χ2v) is 7.49. The SMILES string of the molecule is C[C@H]1CCCN(S(=O)(=O)c2cc(C(F)(F)F)ccc2F)[C@H]1CO. The molecule has 0 aromatic heterocycles. The van der Waals surface area contributed by atoms with Gasteiger partial charge in [0, 0.05) is 6.54 Å². The van der Waals surface area contributed by atoms with Gasteiger partial charge in [0.1, 0.15) is 10.7 Å². The normalized spacial score (nSPS) is 23.9. The van der Waals surface area contributed by atoms with Gasteiger partial charge in [-0.3, -0.25) is 0 Å². The fourth-order valence-corrected chi connectivity index (χ4v) is 4.63. The molecule has 2 atom stereocenters. The molecule has 0 spiro atoms. The topological polar surface area (TPSA) is 57.6 Å². The summed E-state index contributed by atoms with van der Waals surface area (Å²) in [5.41, 5.74) is -1.23. The summed E-state index contributed by atoms with van der Waals surface area (Å²) in [5.74, 6) is -1.41. The largest absolute Gasteiger partial charge is 0.416 e. The van der Waals surface area contributed by atoms with Gasteiger partial charge in [-0.1, -0.05) is 6.92 Å². The number of sulfonamides is 1. The lowest BCUT2D eigenvalue weighted by Crippen LogP contribution is -2.49. The minimum atomic E-state index is -4.77. The van der Waals surface area contributed by atoms with Crippen molar-refractivity contribution in [2.45, 2.75) is 36.9 Å². The van der Waals surface area contributed by atoms with Gasteiger partial charge in [-0.05, 0) is 37.0 Å². The Bertz CT molecular complexity index is 675. The van der Waals surface area contributed by atoms with E-state index in [4.69, 9.17) is 0 Å². The molecule has 2 rings (SSSR count). The Labute approximate surface area is 131 Å². The van der Waals surface area contributed by atoms with Crippen molar-refractivity contribution in [3.05, 3.63) is 29.6 Å². The number of halogens is 4. The number of aliphatic hydroxyl groups is 1. The molecule has 4 nitrogen and oxygen atoms in total. The van der Waals surface area contributed by atoms with Crippen LogP contribution in [0.5, 0.6) is 0 Å². The van der Waals surface area contributed by atoms with E-state index in [0.29, 0.717) is 31.0 Å². The maximum atomic E-state index is 13.9. The number of hydrogen-bond acceptors (Lipinski definition) is 3. The molecular formula is C14H17F4NO3S. The average molecular weight is 355 g/mol. The maximum Gasteiger partial charge on any atom is 0.416 e. The smallest absolute Gasteiger partial charge is 0.395 e. The molecule has 23 heavy (non-hydrogen) atoms. The van der Waals surface area contributed by atoms with Gasteiger partial charge in [0.2, 0.25) is 10.0 Å². The molecule has 0 bridgehead atoms. The van der Waals surface area contributed by atoms with Crippen molar-refractivity contribution in [2.75, 3.05) is 13.2 Å². The summed E-state index contributed by atoms with van der Waals surface area (Å²) in [6.45, 7) is 1.31. The number of hydrogen-bond donors (Lipinski definition) is 1. The predicted molar refractivity (Wildman–Crippen MR) is 74.6 cm³/mol. The fraction of sp³-hybridized carbons (Fsp3) is 0.571. The van der Waals surface area contributed by atoms with Crippen LogP contribution in [0.25, 0.3) is 0 Å². The zero-order chi connectivity index (χ0) is 17.4. The lowest BCUT2D eigenvalue weighted by atomic mass is 9.93. The third-order valence-corrected chi connectivity index (χ3v) is 6.04. The Hall–Kier alpha value is -1.19. The van der Waals surface area contributed by atoms with Crippen molar-refractivity contribution in [2.24, 2.45) is 5.92 Å². The van der Waals surface area contributed by atoms with Crippen LogP contribution in [0.15, 0.2) is 23.1 Å². The van der Waals surface area contributed by atoms with Gasteiger partial charge in [-0.2, -0.15) is 17.5 Å². The summed E-state index contributed by atoms with van der Waals surface area (Å²) in [7, 11) is -4.47. The standard InChI is InChI=1S/C14H17F4NO3S/c1-9-3-2-6-19(12(9)8-20)23(21,22)13-7-10(14(16,17)18)4-5-11(13)15/h4-5,7,9,12,20H,2-3,6,8H2,1H3/t9-,12-/m0/s1. The lowest BCUT2D eigenvalue weighted by Gasteiger charge is -2.38. The van der Waals surface area contributed by atoms with Crippen molar-refractivity contribution < 1.29 is 31.1 Å². The minimum Gasteiger partial charge on any atom is -0.395 e. The summed E-state index contributed by atoms with van der Waals surface area (Å²) in [6.07, 6.45) is -3.59. The molecule has 0 saturated carbocycles. The van der Waals surface area contributed by atoms with E-state index in [1.807, 2.05) is 0 Å². The van der Waals surface area contributed by atoms with E-state index in [1.54, 1.807) is 6.92 Å². The molecular weight excluding hydrogens is 338 g/mol. The molecule has 1 aliphatic rings. The van der Waals surface area contributed by atoms with Gasteiger partial charge in [0.25, 0.3) is 0 Å². The molecule has 0 unspecified atom stereocenters. The summed E-state index contributed by atoms with van der Waals surface area (Å²) >= 11 is 0. The molecule has 0 amide bonds. The lowest BCUT2D eigenvalue weighted by molar-refractivity contribution is -0.137. The molecule has 1 N–H and O–H groups in total. The van der Waals surface area contributed by atoms with Crippen LogP contribution in [-0.2, 0) is 16.2 Å². The first kappa shape index (κ1) is 18.2. The van der Waals surface area contributed by atoms with Crippen LogP contribution in [0.1, 0.15) is 25.3 Å². The van der Waals surface area contributed by atoms with Crippen LogP contribution >= 0.6 is 0 Å². The molecule has 130 valence electrons. The monoisotopic (exact) mass is 355 g/mol. The van der Waals surface area contributed by atoms with Crippen LogP contribution in [0.2, 0.25) is 0 Å². The molecule has 0 aliphatic carbocycles. The Morgan fingerprint density at radius 2 is 2.00 bits per heavy atom. The Balaban J connectivity index is 2.51. The minimum absolute atomic E-state index is 0.0353. The third-order valence-electron chi connectivity index (χ3n) is 4.10. The Kier molecular flexibility index (Phi) is 5.03. The molecule has 1 aromatic carbocycles. The predicted octanol–water partition coefficient (Wildman–Crippen LogP) is 2.63. The second kappa shape index (κ2) is 6.37. The Morgan fingerprint density at radius 1 is 1.35 bits per heavy atom. The first-order chi connectivity index (χ1) is 10.6. The summed E-state index contributed by atoms with van der Waals surface area (Å²) < 4.78 is 78.3. The van der Waals surface area contributed by atoms with Crippen molar-refractivity contribution in [1.82, 2.24) is 4.31 Å². The van der Waals surface area contributed by atoms with Gasteiger partial charge in [-0.15, -0.1) is 0 Å². The molecule has 1 aliphatic heterocycles. The van der Waals surface area contributed by atoms with Crippen molar-refractivity contribution in [3.8, 4) is 0 Å². The van der Waals surface area contributed by atoms with Gasteiger partial charge in [-0.25, -0.2) is 12.8 Å². The van der Waals surface area contributed by atoms with E-state index in [-0.39, 0.29) is 12.5 Å². The first-order valence-electron chi connectivity index (χ1n) is 7.08. The van der Waals surface area contributed by atoms with Crippen LogP contribution in [0.4, 0.5) is 17.6 Å². The number of benzene rings is 1. The van der Waals surface area contributed by atoms with E-state index in [0.717, 1.165) is 4.31 Å². The van der Waals surface area contributed by atoms with E-state index in [1.165, 1.54) is 0 Å². The third kappa shape index (κ3) is 3.51. The van der Waals surface area contributed by atoms with Crippen LogP contribution in [0.3, 0.4) is 0 Å². The molecule has 1 aromatic rings. The number of rotatable bonds is 3. The molecule has 1 heterocycles. The van der Waals surface area contributed by atoms with Gasteiger partial charge < -0.3 is 5.11 Å². The van der Waals surface area contributed by atoms with Gasteiger partial charge >= 0.3 is 6.18 Å². The fourth-order valence-electron chi connectivity index (χ4n) is 2.78. The van der Waals surface area contributed by atoms with Gasteiger partial charge in [0.05, 0.1) is 18.2 Å². The second-order valence-electron chi connectivity index (χ2n) is 5.63. The molecule has 1 fully saturated rings. The summed E-state index contributed by atoms with van der Waals surface area (Å²) in [4.78, 5) is -1.01. The van der Waals surface area contributed by atoms with Crippen molar-refractivity contribution in [1.29, 1.82) is 0 Å². The maximum absolute atomic E-state index is 13.9. The number of aliphatic hydroxyl groups excluding tert-OH is 1. The Morgan fingerprint density at radius 3 is 2.57 bits per heavy atom. The zero-order valence-electron chi connectivity index (χ0n) is 12.3. The zero-order valence-corrected chi connectivity index (χ0v) is 13.2. The van der Waals surface area contributed by atoms with E-state index < -0.39 is 45.1 Å². The molecule has 0 radical (unpaired) electrons. The summed E-state index contributed by atoms with van der Waals surface area (Å²) in [6, 6.07) is 0.522. The molecule has 1 saturated heterocycles. The van der Waals surface area contributed by atoms with Crippen molar-refractivity contribution >= 4 is 10.0 Å². The number of piperidine rings is 1. The molecule has 9 heteroatoms. The highest BCUT2D eigenvalue weighted by Crippen LogP contribution is 2.34.